The fourth-order valence-electron chi connectivity index (χ4n) is 3.33. The van der Waals surface area contributed by atoms with E-state index in [1.54, 1.807) is 18.2 Å². The van der Waals surface area contributed by atoms with Crippen molar-refractivity contribution < 1.29 is 17.9 Å². The minimum absolute atomic E-state index is 0.117. The number of ether oxygens (including phenoxy) is 1. The highest BCUT2D eigenvalue weighted by Gasteiger charge is 2.32. The van der Waals surface area contributed by atoms with E-state index in [0.717, 1.165) is 18.6 Å². The van der Waals surface area contributed by atoms with Crippen molar-refractivity contribution in [2.75, 3.05) is 30.3 Å². The second kappa shape index (κ2) is 6.13. The lowest BCUT2D eigenvalue weighted by atomic mass is 10.1. The minimum Gasteiger partial charge on any atom is -0.381 e. The predicted molar refractivity (Wildman–Crippen MR) is 88.2 cm³/mol. The van der Waals surface area contributed by atoms with Gasteiger partial charge in [-0.25, -0.2) is 8.42 Å². The van der Waals surface area contributed by atoms with E-state index in [1.165, 1.54) is 10.6 Å². The summed E-state index contributed by atoms with van der Waals surface area (Å²) in [5, 5.41) is 2.93. The number of rotatable bonds is 4. The molecule has 3 rings (SSSR count). The summed E-state index contributed by atoms with van der Waals surface area (Å²) in [6, 6.07) is 5.11. The number of carbonyl (C=O) groups is 1. The van der Waals surface area contributed by atoms with Crippen molar-refractivity contribution in [1.82, 2.24) is 5.32 Å². The molecule has 0 saturated carbocycles. The zero-order valence-corrected chi connectivity index (χ0v) is 14.2. The highest BCUT2D eigenvalue weighted by atomic mass is 32.2. The lowest BCUT2D eigenvalue weighted by Gasteiger charge is -2.21. The van der Waals surface area contributed by atoms with Gasteiger partial charge in [0.15, 0.2) is 0 Å². The van der Waals surface area contributed by atoms with E-state index in [1.807, 2.05) is 6.92 Å². The molecule has 2 aliphatic rings. The quantitative estimate of drug-likeness (QED) is 0.894. The van der Waals surface area contributed by atoms with Gasteiger partial charge in [0.25, 0.3) is 5.91 Å². The largest absolute Gasteiger partial charge is 0.381 e. The Morgan fingerprint density at radius 2 is 2.22 bits per heavy atom. The molecule has 1 fully saturated rings. The minimum atomic E-state index is -3.30. The second-order valence-electron chi connectivity index (χ2n) is 6.40. The van der Waals surface area contributed by atoms with Crippen LogP contribution in [-0.4, -0.2) is 46.4 Å². The zero-order valence-electron chi connectivity index (χ0n) is 13.4. The zero-order chi connectivity index (χ0) is 16.6. The van der Waals surface area contributed by atoms with Crippen molar-refractivity contribution in [3.63, 3.8) is 0 Å². The van der Waals surface area contributed by atoms with Crippen LogP contribution >= 0.6 is 0 Å². The summed E-state index contributed by atoms with van der Waals surface area (Å²) in [6.45, 7) is 3.95. The molecule has 0 spiro atoms. The summed E-state index contributed by atoms with van der Waals surface area (Å²) >= 11 is 0. The molecule has 6 nitrogen and oxygen atoms in total. The van der Waals surface area contributed by atoms with Crippen LogP contribution in [-0.2, 0) is 21.2 Å². The highest BCUT2D eigenvalue weighted by Crippen LogP contribution is 2.34. The number of amides is 1. The number of anilines is 1. The average molecular weight is 338 g/mol. The highest BCUT2D eigenvalue weighted by molar-refractivity contribution is 7.92. The fourth-order valence-corrected chi connectivity index (χ4v) is 4.60. The molecule has 1 aromatic rings. The topological polar surface area (TPSA) is 75.7 Å². The van der Waals surface area contributed by atoms with Crippen LogP contribution < -0.4 is 9.62 Å². The summed E-state index contributed by atoms with van der Waals surface area (Å²) < 4.78 is 30.5. The fraction of sp³-hybridized carbons (Fsp3) is 0.562. The molecule has 1 amide bonds. The Balaban J connectivity index is 1.74. The number of hydrogen-bond donors (Lipinski definition) is 1. The lowest BCUT2D eigenvalue weighted by Crippen LogP contribution is -2.34. The van der Waals surface area contributed by atoms with Crippen LogP contribution in [0, 0.1) is 5.92 Å². The Bertz CT molecular complexity index is 711. The van der Waals surface area contributed by atoms with Gasteiger partial charge in [-0.1, -0.05) is 0 Å². The average Bonchev–Trinajstić information content (AvgIpc) is 3.09. The summed E-state index contributed by atoms with van der Waals surface area (Å²) in [5.74, 6) is 0.263. The van der Waals surface area contributed by atoms with Crippen molar-refractivity contribution in [3.05, 3.63) is 29.3 Å². The molecule has 0 radical (unpaired) electrons. The maximum absolute atomic E-state index is 12.3. The number of carbonyl (C=O) groups excluding carboxylic acids is 1. The normalized spacial score (nSPS) is 23.8. The number of hydrogen-bond acceptors (Lipinski definition) is 4. The first-order valence-corrected chi connectivity index (χ1v) is 9.69. The van der Waals surface area contributed by atoms with Crippen molar-refractivity contribution in [1.29, 1.82) is 0 Å². The van der Waals surface area contributed by atoms with Crippen molar-refractivity contribution >= 4 is 21.6 Å². The van der Waals surface area contributed by atoms with Crippen LogP contribution in [0.4, 0.5) is 5.69 Å². The molecule has 2 heterocycles. The molecule has 23 heavy (non-hydrogen) atoms. The number of sulfonamides is 1. The Morgan fingerprint density at radius 1 is 1.43 bits per heavy atom. The van der Waals surface area contributed by atoms with Gasteiger partial charge in [0.1, 0.15) is 0 Å². The summed E-state index contributed by atoms with van der Waals surface area (Å²) in [4.78, 5) is 12.3. The standard InChI is InChI=1S/C16H22N2O4S/c1-11-7-14-8-13(3-4-15(14)18(11)23(2,20)21)16(19)17-9-12-5-6-22-10-12/h3-4,8,11-12H,5-7,9-10H2,1-2H3,(H,17,19)/t11-,12+/m0/s1. The lowest BCUT2D eigenvalue weighted by molar-refractivity contribution is 0.0945. The van der Waals surface area contributed by atoms with Crippen LogP contribution in [0.1, 0.15) is 29.3 Å². The van der Waals surface area contributed by atoms with Crippen molar-refractivity contribution in [2.45, 2.75) is 25.8 Å². The monoisotopic (exact) mass is 338 g/mol. The predicted octanol–water partition coefficient (Wildman–Crippen LogP) is 1.16. The van der Waals surface area contributed by atoms with Gasteiger partial charge in [-0.2, -0.15) is 0 Å². The number of nitrogens with one attached hydrogen (secondary N) is 1. The van der Waals surface area contributed by atoms with Crippen LogP contribution in [0.5, 0.6) is 0 Å². The molecule has 1 N–H and O–H groups in total. The van der Waals surface area contributed by atoms with Crippen LogP contribution in [0.3, 0.4) is 0 Å². The summed E-state index contributed by atoms with van der Waals surface area (Å²) in [7, 11) is -3.30. The van der Waals surface area contributed by atoms with Crippen molar-refractivity contribution in [2.24, 2.45) is 5.92 Å². The first-order valence-electron chi connectivity index (χ1n) is 7.84. The smallest absolute Gasteiger partial charge is 0.251 e. The van der Waals surface area contributed by atoms with Gasteiger partial charge in [0, 0.05) is 30.7 Å². The van der Waals surface area contributed by atoms with E-state index < -0.39 is 10.0 Å². The maximum atomic E-state index is 12.3. The molecule has 2 aliphatic heterocycles. The van der Waals surface area contributed by atoms with Crippen molar-refractivity contribution in [3.8, 4) is 0 Å². The Morgan fingerprint density at radius 3 is 2.87 bits per heavy atom. The van der Waals surface area contributed by atoms with E-state index in [4.69, 9.17) is 4.74 Å². The van der Waals surface area contributed by atoms with Crippen LogP contribution in [0.25, 0.3) is 0 Å². The van der Waals surface area contributed by atoms with Gasteiger partial charge in [-0.15, -0.1) is 0 Å². The Labute approximate surface area is 136 Å². The molecule has 0 unspecified atom stereocenters. The molecule has 0 bridgehead atoms. The van der Waals surface area contributed by atoms with Crippen LogP contribution in [0.2, 0.25) is 0 Å². The molecular weight excluding hydrogens is 316 g/mol. The van der Waals surface area contributed by atoms with E-state index >= 15 is 0 Å². The second-order valence-corrected chi connectivity index (χ2v) is 8.25. The first kappa shape index (κ1) is 16.3. The Hall–Kier alpha value is -1.60. The van der Waals surface area contributed by atoms with E-state index in [0.29, 0.717) is 36.7 Å². The Kier molecular flexibility index (Phi) is 4.33. The SMILES string of the molecule is C[C@H]1Cc2cc(C(=O)NC[C@H]3CCOC3)ccc2N1S(C)(=O)=O. The van der Waals surface area contributed by atoms with Gasteiger partial charge >= 0.3 is 0 Å². The summed E-state index contributed by atoms with van der Waals surface area (Å²) in [6.07, 6.45) is 2.81. The van der Waals surface area contributed by atoms with Gasteiger partial charge in [-0.05, 0) is 43.5 Å². The van der Waals surface area contributed by atoms with Crippen LogP contribution in [0.15, 0.2) is 18.2 Å². The first-order chi connectivity index (χ1) is 10.9. The van der Waals surface area contributed by atoms with Gasteiger partial charge in [0.05, 0.1) is 18.6 Å². The third-order valence-electron chi connectivity index (χ3n) is 4.43. The van der Waals surface area contributed by atoms with Gasteiger partial charge < -0.3 is 10.1 Å². The maximum Gasteiger partial charge on any atom is 0.251 e. The van der Waals surface area contributed by atoms with E-state index in [-0.39, 0.29) is 11.9 Å². The summed E-state index contributed by atoms with van der Waals surface area (Å²) in [5.41, 5.74) is 2.16. The molecule has 0 aliphatic carbocycles. The molecule has 2 atom stereocenters. The van der Waals surface area contributed by atoms with E-state index in [9.17, 15) is 13.2 Å². The molecule has 0 aromatic heterocycles. The molecule has 7 heteroatoms. The third-order valence-corrected chi connectivity index (χ3v) is 5.70. The third kappa shape index (κ3) is 3.35. The van der Waals surface area contributed by atoms with E-state index in [2.05, 4.69) is 5.32 Å². The molecular formula is C16H22N2O4S. The molecule has 1 aromatic carbocycles. The molecule has 126 valence electrons. The number of fused-ring (bicyclic) bond motifs is 1. The van der Waals surface area contributed by atoms with Gasteiger partial charge in [0.2, 0.25) is 10.0 Å². The number of benzene rings is 1. The molecule has 1 saturated heterocycles. The van der Waals surface area contributed by atoms with Gasteiger partial charge in [-0.3, -0.25) is 9.10 Å². The number of nitrogens with zero attached hydrogens (tertiary/aromatic N) is 1.